The summed E-state index contributed by atoms with van der Waals surface area (Å²) in [4.78, 5) is 22.6. The average Bonchev–Trinajstić information content (AvgIpc) is 3.04. The molecule has 2 aromatic carbocycles. The molecule has 0 aliphatic heterocycles. The van der Waals surface area contributed by atoms with Crippen LogP contribution in [0.2, 0.25) is 0 Å². The third-order valence-electron chi connectivity index (χ3n) is 3.78. The summed E-state index contributed by atoms with van der Waals surface area (Å²) in [6.45, 7) is 1.81. The molecule has 6 heteroatoms. The number of para-hydroxylation sites is 2. The first-order valence-corrected chi connectivity index (χ1v) is 7.75. The Morgan fingerprint density at radius 1 is 1.20 bits per heavy atom. The third-order valence-corrected chi connectivity index (χ3v) is 3.78. The SMILES string of the molecule is C[C@H](NC(=O)/C=C/c1ccccc1[N+](=O)[O-])c1cc2ccccc2o1. The summed E-state index contributed by atoms with van der Waals surface area (Å²) in [6.07, 6.45) is 2.71. The van der Waals surface area contributed by atoms with Gasteiger partial charge < -0.3 is 9.73 Å². The van der Waals surface area contributed by atoms with Crippen molar-refractivity contribution in [1.29, 1.82) is 0 Å². The second-order valence-electron chi connectivity index (χ2n) is 5.57. The molecule has 1 amide bonds. The largest absolute Gasteiger partial charge is 0.459 e. The quantitative estimate of drug-likeness (QED) is 0.429. The highest BCUT2D eigenvalue weighted by atomic mass is 16.6. The van der Waals surface area contributed by atoms with Crippen LogP contribution in [-0.2, 0) is 4.79 Å². The molecule has 0 radical (unpaired) electrons. The average molecular weight is 336 g/mol. The summed E-state index contributed by atoms with van der Waals surface area (Å²) in [5.41, 5.74) is 1.09. The van der Waals surface area contributed by atoms with Gasteiger partial charge in [-0.15, -0.1) is 0 Å². The molecule has 1 N–H and O–H groups in total. The lowest BCUT2D eigenvalue weighted by Gasteiger charge is -2.09. The number of benzene rings is 2. The van der Waals surface area contributed by atoms with E-state index >= 15 is 0 Å². The van der Waals surface area contributed by atoms with Crippen molar-refractivity contribution in [2.45, 2.75) is 13.0 Å². The second-order valence-corrected chi connectivity index (χ2v) is 5.57. The van der Waals surface area contributed by atoms with Gasteiger partial charge in [-0.1, -0.05) is 30.3 Å². The smallest absolute Gasteiger partial charge is 0.276 e. The number of nitro benzene ring substituents is 1. The molecular weight excluding hydrogens is 320 g/mol. The molecule has 0 unspecified atom stereocenters. The fraction of sp³-hybridized carbons (Fsp3) is 0.105. The summed E-state index contributed by atoms with van der Waals surface area (Å²) in [7, 11) is 0. The molecule has 126 valence electrons. The summed E-state index contributed by atoms with van der Waals surface area (Å²) in [6, 6.07) is 15.4. The van der Waals surface area contributed by atoms with Crippen molar-refractivity contribution in [3.8, 4) is 0 Å². The standard InChI is InChI=1S/C19H16N2O4/c1-13(18-12-15-7-3-5-9-17(15)25-18)20-19(22)11-10-14-6-2-4-8-16(14)21(23)24/h2-13H,1H3,(H,20,22)/b11-10+/t13-/m0/s1. The highest BCUT2D eigenvalue weighted by Crippen LogP contribution is 2.23. The molecule has 1 heterocycles. The van der Waals surface area contributed by atoms with E-state index in [1.54, 1.807) is 18.2 Å². The van der Waals surface area contributed by atoms with E-state index in [2.05, 4.69) is 5.32 Å². The van der Waals surface area contributed by atoms with Gasteiger partial charge in [0.1, 0.15) is 11.3 Å². The molecule has 1 aromatic heterocycles. The second kappa shape index (κ2) is 7.00. The Balaban J connectivity index is 1.71. The fourth-order valence-electron chi connectivity index (χ4n) is 2.51. The summed E-state index contributed by atoms with van der Waals surface area (Å²) in [5, 5.41) is 14.7. The molecule has 1 atom stereocenters. The van der Waals surface area contributed by atoms with Crippen LogP contribution in [0.3, 0.4) is 0 Å². The summed E-state index contributed by atoms with van der Waals surface area (Å²) in [5.74, 6) is 0.291. The van der Waals surface area contributed by atoms with Gasteiger partial charge in [0.05, 0.1) is 16.5 Å². The number of rotatable bonds is 5. The molecule has 0 bridgehead atoms. The molecule has 0 saturated carbocycles. The van der Waals surface area contributed by atoms with E-state index < -0.39 is 4.92 Å². The van der Waals surface area contributed by atoms with Crippen molar-refractivity contribution in [1.82, 2.24) is 5.32 Å². The Bertz CT molecular complexity index is 926. The van der Waals surface area contributed by atoms with E-state index in [9.17, 15) is 14.9 Å². The minimum Gasteiger partial charge on any atom is -0.459 e. The number of furan rings is 1. The van der Waals surface area contributed by atoms with Crippen molar-refractivity contribution in [3.63, 3.8) is 0 Å². The molecule has 0 aliphatic rings. The molecule has 3 rings (SSSR count). The number of fused-ring (bicyclic) bond motifs is 1. The van der Waals surface area contributed by atoms with E-state index in [0.29, 0.717) is 11.3 Å². The normalized spacial score (nSPS) is 12.4. The molecule has 0 aliphatic carbocycles. The Labute approximate surface area is 143 Å². The number of hydrogen-bond donors (Lipinski definition) is 1. The Morgan fingerprint density at radius 3 is 2.68 bits per heavy atom. The molecule has 25 heavy (non-hydrogen) atoms. The van der Waals surface area contributed by atoms with Crippen LogP contribution < -0.4 is 5.32 Å². The molecule has 3 aromatic rings. The van der Waals surface area contributed by atoms with E-state index in [1.807, 2.05) is 37.3 Å². The Kier molecular flexibility index (Phi) is 4.61. The van der Waals surface area contributed by atoms with E-state index in [0.717, 1.165) is 11.0 Å². The van der Waals surface area contributed by atoms with Crippen LogP contribution in [0.15, 0.2) is 65.1 Å². The lowest BCUT2D eigenvalue weighted by atomic mass is 10.1. The van der Waals surface area contributed by atoms with Crippen LogP contribution >= 0.6 is 0 Å². The highest BCUT2D eigenvalue weighted by Gasteiger charge is 2.14. The van der Waals surface area contributed by atoms with Crippen molar-refractivity contribution in [2.75, 3.05) is 0 Å². The first-order chi connectivity index (χ1) is 12.0. The van der Waals surface area contributed by atoms with Crippen molar-refractivity contribution in [3.05, 3.63) is 82.1 Å². The molecular formula is C19H16N2O4. The number of carbonyl (C=O) groups excluding carboxylic acids is 1. The van der Waals surface area contributed by atoms with E-state index in [1.165, 1.54) is 18.2 Å². The minimum absolute atomic E-state index is 0.0446. The van der Waals surface area contributed by atoms with Gasteiger partial charge in [0.2, 0.25) is 5.91 Å². The van der Waals surface area contributed by atoms with Crippen molar-refractivity contribution >= 4 is 28.6 Å². The van der Waals surface area contributed by atoms with Gasteiger partial charge in [-0.05, 0) is 31.2 Å². The molecule has 6 nitrogen and oxygen atoms in total. The van der Waals surface area contributed by atoms with E-state index in [-0.39, 0.29) is 17.6 Å². The first kappa shape index (κ1) is 16.4. The zero-order valence-electron chi connectivity index (χ0n) is 13.5. The topological polar surface area (TPSA) is 85.4 Å². The monoisotopic (exact) mass is 336 g/mol. The van der Waals surface area contributed by atoms with Gasteiger partial charge in [-0.25, -0.2) is 0 Å². The van der Waals surface area contributed by atoms with Crippen LogP contribution in [-0.4, -0.2) is 10.8 Å². The fourth-order valence-corrected chi connectivity index (χ4v) is 2.51. The predicted octanol–water partition coefficient (Wildman–Crippen LogP) is 4.23. The minimum atomic E-state index is -0.478. The number of hydrogen-bond acceptors (Lipinski definition) is 4. The Hall–Kier alpha value is -3.41. The van der Waals surface area contributed by atoms with Gasteiger partial charge in [0.25, 0.3) is 5.69 Å². The molecule has 0 fully saturated rings. The highest BCUT2D eigenvalue weighted by molar-refractivity contribution is 5.92. The number of nitro groups is 1. The summed E-state index contributed by atoms with van der Waals surface area (Å²) < 4.78 is 5.72. The van der Waals surface area contributed by atoms with Crippen LogP contribution in [0.5, 0.6) is 0 Å². The van der Waals surface area contributed by atoms with Crippen LogP contribution in [0.25, 0.3) is 17.0 Å². The molecule has 0 saturated heterocycles. The summed E-state index contributed by atoms with van der Waals surface area (Å²) >= 11 is 0. The maximum Gasteiger partial charge on any atom is 0.276 e. The van der Waals surface area contributed by atoms with Crippen molar-refractivity contribution in [2.24, 2.45) is 0 Å². The first-order valence-electron chi connectivity index (χ1n) is 7.75. The molecule has 0 spiro atoms. The Morgan fingerprint density at radius 2 is 1.92 bits per heavy atom. The van der Waals surface area contributed by atoms with Gasteiger partial charge in [-0.2, -0.15) is 0 Å². The van der Waals surface area contributed by atoms with Gasteiger partial charge >= 0.3 is 0 Å². The van der Waals surface area contributed by atoms with Gasteiger partial charge in [0, 0.05) is 17.5 Å². The van der Waals surface area contributed by atoms with Crippen molar-refractivity contribution < 1.29 is 14.1 Å². The number of nitrogens with one attached hydrogen (secondary N) is 1. The van der Waals surface area contributed by atoms with Crippen LogP contribution in [0.1, 0.15) is 24.3 Å². The van der Waals surface area contributed by atoms with Gasteiger partial charge in [0.15, 0.2) is 0 Å². The zero-order chi connectivity index (χ0) is 17.8. The maximum atomic E-state index is 12.1. The lowest BCUT2D eigenvalue weighted by Crippen LogP contribution is -2.24. The number of carbonyl (C=O) groups is 1. The van der Waals surface area contributed by atoms with Crippen LogP contribution in [0, 0.1) is 10.1 Å². The number of nitrogens with zero attached hydrogens (tertiary/aromatic N) is 1. The number of amides is 1. The maximum absolute atomic E-state index is 12.1. The third kappa shape index (κ3) is 3.74. The predicted molar refractivity (Wildman–Crippen MR) is 94.9 cm³/mol. The zero-order valence-corrected chi connectivity index (χ0v) is 13.5. The lowest BCUT2D eigenvalue weighted by molar-refractivity contribution is -0.385. The van der Waals surface area contributed by atoms with Gasteiger partial charge in [-0.3, -0.25) is 14.9 Å². The van der Waals surface area contributed by atoms with E-state index in [4.69, 9.17) is 4.42 Å². The van der Waals surface area contributed by atoms with Crippen LogP contribution in [0.4, 0.5) is 5.69 Å².